The number of aliphatic imine (C=N–C) groups is 1. The molecule has 0 bridgehead atoms. The van der Waals surface area contributed by atoms with Gasteiger partial charge in [-0.25, -0.2) is 8.42 Å². The molecular formula is C22H30N4O2S. The monoisotopic (exact) mass is 414 g/mol. The van der Waals surface area contributed by atoms with E-state index in [1.807, 2.05) is 12.1 Å². The highest BCUT2D eigenvalue weighted by Gasteiger charge is 2.20. The second-order valence-corrected chi connectivity index (χ2v) is 9.42. The quantitative estimate of drug-likeness (QED) is 0.537. The van der Waals surface area contributed by atoms with E-state index < -0.39 is 9.84 Å². The van der Waals surface area contributed by atoms with Crippen molar-refractivity contribution in [2.24, 2.45) is 4.99 Å². The fourth-order valence-electron chi connectivity index (χ4n) is 3.51. The molecule has 0 aromatic heterocycles. The van der Waals surface area contributed by atoms with Crippen LogP contribution in [0.5, 0.6) is 0 Å². The molecular weight excluding hydrogens is 384 g/mol. The first-order valence-corrected chi connectivity index (χ1v) is 11.7. The first kappa shape index (κ1) is 21.3. The van der Waals surface area contributed by atoms with E-state index >= 15 is 0 Å². The van der Waals surface area contributed by atoms with Crippen LogP contribution in [0.2, 0.25) is 0 Å². The minimum absolute atomic E-state index is 0.0350. The fraction of sp³-hybridized carbons (Fsp3) is 0.409. The maximum Gasteiger partial charge on any atom is 0.191 e. The van der Waals surface area contributed by atoms with Crippen LogP contribution in [0.1, 0.15) is 18.4 Å². The summed E-state index contributed by atoms with van der Waals surface area (Å²) in [6.07, 6.45) is 2.08. The van der Waals surface area contributed by atoms with E-state index in [2.05, 4.69) is 44.8 Å². The van der Waals surface area contributed by atoms with Gasteiger partial charge in [-0.3, -0.25) is 9.89 Å². The van der Waals surface area contributed by atoms with Crippen molar-refractivity contribution < 1.29 is 8.42 Å². The molecule has 0 saturated carbocycles. The van der Waals surface area contributed by atoms with Gasteiger partial charge in [0.15, 0.2) is 15.8 Å². The summed E-state index contributed by atoms with van der Waals surface area (Å²) in [4.78, 5) is 7.07. The third-order valence-electron chi connectivity index (χ3n) is 5.17. The molecule has 1 aliphatic heterocycles. The molecule has 6 nitrogen and oxygen atoms in total. The number of hydrogen-bond donors (Lipinski definition) is 2. The topological polar surface area (TPSA) is 73.8 Å². The molecule has 1 fully saturated rings. The second-order valence-electron chi connectivity index (χ2n) is 7.31. The number of guanidine groups is 1. The maximum atomic E-state index is 12.4. The number of rotatable bonds is 7. The van der Waals surface area contributed by atoms with E-state index in [1.54, 1.807) is 31.3 Å². The van der Waals surface area contributed by atoms with Gasteiger partial charge in [-0.2, -0.15) is 0 Å². The Morgan fingerprint density at radius 2 is 1.66 bits per heavy atom. The number of nitrogens with zero attached hydrogens (tertiary/aromatic N) is 2. The lowest BCUT2D eigenvalue weighted by Crippen LogP contribution is -2.49. The van der Waals surface area contributed by atoms with E-state index in [0.717, 1.165) is 32.5 Å². The van der Waals surface area contributed by atoms with Gasteiger partial charge in [0.1, 0.15) is 0 Å². The Bertz CT molecular complexity index is 878. The van der Waals surface area contributed by atoms with Crippen LogP contribution in [0.15, 0.2) is 70.6 Å². The Labute approximate surface area is 174 Å². The highest BCUT2D eigenvalue weighted by molar-refractivity contribution is 7.91. The molecule has 0 unspecified atom stereocenters. The Morgan fingerprint density at radius 3 is 2.28 bits per heavy atom. The van der Waals surface area contributed by atoms with Crippen LogP contribution in [-0.4, -0.2) is 57.8 Å². The molecule has 2 aromatic carbocycles. The summed E-state index contributed by atoms with van der Waals surface area (Å²) in [5.74, 6) is 0.697. The second kappa shape index (κ2) is 10.4. The summed E-state index contributed by atoms with van der Waals surface area (Å²) in [7, 11) is -1.57. The predicted molar refractivity (Wildman–Crippen MR) is 118 cm³/mol. The zero-order valence-corrected chi connectivity index (χ0v) is 17.7. The van der Waals surface area contributed by atoms with Crippen molar-refractivity contribution in [3.05, 3.63) is 66.2 Å². The van der Waals surface area contributed by atoms with Gasteiger partial charge < -0.3 is 10.6 Å². The molecule has 2 N–H and O–H groups in total. The minimum Gasteiger partial charge on any atom is -0.355 e. The number of piperidine rings is 1. The summed E-state index contributed by atoms with van der Waals surface area (Å²) < 4.78 is 24.7. The van der Waals surface area contributed by atoms with Crippen LogP contribution >= 0.6 is 0 Å². The SMILES string of the molecule is CN=C(NCCS(=O)(=O)c1ccccc1)NC1CCN(Cc2ccccc2)CC1. The molecule has 2 aromatic rings. The van der Waals surface area contributed by atoms with E-state index in [0.29, 0.717) is 23.4 Å². The third-order valence-corrected chi connectivity index (χ3v) is 6.90. The van der Waals surface area contributed by atoms with Crippen molar-refractivity contribution >= 4 is 15.8 Å². The van der Waals surface area contributed by atoms with Crippen molar-refractivity contribution in [3.8, 4) is 0 Å². The first-order chi connectivity index (χ1) is 14.1. The van der Waals surface area contributed by atoms with Gasteiger partial charge in [-0.05, 0) is 30.5 Å². The molecule has 1 heterocycles. The Kier molecular flexibility index (Phi) is 7.66. The van der Waals surface area contributed by atoms with Crippen LogP contribution in [0.4, 0.5) is 0 Å². The Morgan fingerprint density at radius 1 is 1.03 bits per heavy atom. The molecule has 0 atom stereocenters. The van der Waals surface area contributed by atoms with Gasteiger partial charge in [0.2, 0.25) is 0 Å². The number of sulfone groups is 1. The number of likely N-dealkylation sites (tertiary alicyclic amines) is 1. The lowest BCUT2D eigenvalue weighted by Gasteiger charge is -2.33. The number of benzene rings is 2. The van der Waals surface area contributed by atoms with Crippen LogP contribution in [0.3, 0.4) is 0 Å². The zero-order chi connectivity index (χ0) is 20.5. The molecule has 1 aliphatic rings. The van der Waals surface area contributed by atoms with Gasteiger partial charge in [-0.15, -0.1) is 0 Å². The first-order valence-electron chi connectivity index (χ1n) is 10.1. The summed E-state index contributed by atoms with van der Waals surface area (Å²) in [6.45, 7) is 3.37. The predicted octanol–water partition coefficient (Wildman–Crippen LogP) is 2.29. The van der Waals surface area contributed by atoms with E-state index in [4.69, 9.17) is 0 Å². The minimum atomic E-state index is -3.29. The average Bonchev–Trinajstić information content (AvgIpc) is 2.75. The summed E-state index contributed by atoms with van der Waals surface area (Å²) in [6, 6.07) is 19.4. The number of hydrogen-bond acceptors (Lipinski definition) is 4. The van der Waals surface area contributed by atoms with Crippen molar-refractivity contribution in [2.45, 2.75) is 30.3 Å². The normalized spacial score (nSPS) is 16.5. The number of nitrogens with one attached hydrogen (secondary N) is 2. The Balaban J connectivity index is 1.40. The molecule has 29 heavy (non-hydrogen) atoms. The van der Waals surface area contributed by atoms with Gasteiger partial charge in [0.25, 0.3) is 0 Å². The lowest BCUT2D eigenvalue weighted by molar-refractivity contribution is 0.198. The van der Waals surface area contributed by atoms with Gasteiger partial charge >= 0.3 is 0 Å². The lowest BCUT2D eigenvalue weighted by atomic mass is 10.0. The molecule has 0 radical (unpaired) electrons. The summed E-state index contributed by atoms with van der Waals surface area (Å²) in [5.41, 5.74) is 1.34. The van der Waals surface area contributed by atoms with Gasteiger partial charge in [-0.1, -0.05) is 48.5 Å². The zero-order valence-electron chi connectivity index (χ0n) is 16.9. The van der Waals surface area contributed by atoms with E-state index in [-0.39, 0.29) is 5.75 Å². The third kappa shape index (κ3) is 6.58. The summed E-state index contributed by atoms with van der Waals surface area (Å²) in [5, 5.41) is 6.57. The van der Waals surface area contributed by atoms with E-state index in [1.165, 1.54) is 5.56 Å². The van der Waals surface area contributed by atoms with Crippen molar-refractivity contribution in [1.29, 1.82) is 0 Å². The Hall–Kier alpha value is -2.38. The molecule has 3 rings (SSSR count). The van der Waals surface area contributed by atoms with Gasteiger partial charge in [0, 0.05) is 39.3 Å². The van der Waals surface area contributed by atoms with E-state index in [9.17, 15) is 8.42 Å². The van der Waals surface area contributed by atoms with Crippen LogP contribution < -0.4 is 10.6 Å². The molecule has 156 valence electrons. The fourth-order valence-corrected chi connectivity index (χ4v) is 4.69. The van der Waals surface area contributed by atoms with Crippen LogP contribution in [-0.2, 0) is 16.4 Å². The van der Waals surface area contributed by atoms with Crippen molar-refractivity contribution in [1.82, 2.24) is 15.5 Å². The smallest absolute Gasteiger partial charge is 0.191 e. The highest BCUT2D eigenvalue weighted by Crippen LogP contribution is 2.14. The highest BCUT2D eigenvalue weighted by atomic mass is 32.2. The molecule has 0 amide bonds. The van der Waals surface area contributed by atoms with Crippen molar-refractivity contribution in [2.75, 3.05) is 32.4 Å². The average molecular weight is 415 g/mol. The maximum absolute atomic E-state index is 12.4. The summed E-state index contributed by atoms with van der Waals surface area (Å²) >= 11 is 0. The largest absolute Gasteiger partial charge is 0.355 e. The molecule has 0 spiro atoms. The molecule has 7 heteroatoms. The van der Waals surface area contributed by atoms with Crippen LogP contribution in [0, 0.1) is 0 Å². The van der Waals surface area contributed by atoms with Gasteiger partial charge in [0.05, 0.1) is 10.6 Å². The molecule has 1 saturated heterocycles. The van der Waals surface area contributed by atoms with Crippen molar-refractivity contribution in [3.63, 3.8) is 0 Å². The molecule has 0 aliphatic carbocycles. The van der Waals surface area contributed by atoms with Crippen LogP contribution in [0.25, 0.3) is 0 Å². The standard InChI is InChI=1S/C22H30N4O2S/c1-23-22(24-14-17-29(27,28)21-10-6-3-7-11-21)25-20-12-15-26(16-13-20)18-19-8-4-2-5-9-19/h2-11,20H,12-18H2,1H3,(H2,23,24,25).